The Balaban J connectivity index is 1.67. The third kappa shape index (κ3) is 4.86. The van der Waals surface area contributed by atoms with E-state index in [1.54, 1.807) is 6.07 Å². The number of nitrogens with zero attached hydrogens (tertiary/aromatic N) is 5. The Kier molecular flexibility index (Phi) is 5.51. The third-order valence-corrected chi connectivity index (χ3v) is 4.30. The second kappa shape index (κ2) is 7.69. The minimum absolute atomic E-state index is 0.114. The fourth-order valence-corrected chi connectivity index (χ4v) is 3.15. The molecule has 1 saturated heterocycles. The molecule has 8 nitrogen and oxygen atoms in total. The van der Waals surface area contributed by atoms with Gasteiger partial charge in [-0.2, -0.15) is 18.3 Å². The summed E-state index contributed by atoms with van der Waals surface area (Å²) < 4.78 is 37.8. The predicted octanol–water partition coefficient (Wildman–Crippen LogP) is 1.33. The molecule has 0 aliphatic carbocycles. The zero-order valence-electron chi connectivity index (χ0n) is 15.0. The van der Waals surface area contributed by atoms with E-state index in [0.29, 0.717) is 30.3 Å². The number of alkyl halides is 3. The number of halogens is 3. The minimum atomic E-state index is -4.48. The predicted molar refractivity (Wildman–Crippen MR) is 93.3 cm³/mol. The number of aliphatic hydroxyl groups is 1. The summed E-state index contributed by atoms with van der Waals surface area (Å²) >= 11 is 0. The van der Waals surface area contributed by atoms with Crippen LogP contribution in [0.15, 0.2) is 18.5 Å². The summed E-state index contributed by atoms with van der Waals surface area (Å²) in [6.45, 7) is 1.37. The molecule has 1 aliphatic rings. The van der Waals surface area contributed by atoms with Gasteiger partial charge in [0.05, 0.1) is 18.3 Å². The lowest BCUT2D eigenvalue weighted by atomic mass is 10.2. The lowest BCUT2D eigenvalue weighted by Crippen LogP contribution is -2.38. The van der Waals surface area contributed by atoms with Crippen molar-refractivity contribution in [3.8, 4) is 0 Å². The van der Waals surface area contributed by atoms with Crippen LogP contribution in [0.25, 0.3) is 0 Å². The molecule has 3 N–H and O–H groups in total. The van der Waals surface area contributed by atoms with Crippen LogP contribution >= 0.6 is 0 Å². The number of hydrogen-bond donors (Lipinski definition) is 3. The number of likely N-dealkylation sites (N-methyl/N-ethyl adjacent to an activating group) is 1. The van der Waals surface area contributed by atoms with E-state index >= 15 is 0 Å². The molecule has 0 bridgehead atoms. The zero-order valence-corrected chi connectivity index (χ0v) is 15.0. The van der Waals surface area contributed by atoms with Crippen LogP contribution in [0, 0.1) is 0 Å². The van der Waals surface area contributed by atoms with Crippen LogP contribution in [0.4, 0.5) is 24.8 Å². The maximum Gasteiger partial charge on any atom is 0.435 e. The van der Waals surface area contributed by atoms with Gasteiger partial charge in [-0.3, -0.25) is 5.10 Å². The monoisotopic (exact) mass is 385 g/mol. The lowest BCUT2D eigenvalue weighted by Gasteiger charge is -2.27. The number of anilines is 2. The van der Waals surface area contributed by atoms with Crippen LogP contribution in [0.2, 0.25) is 0 Å². The molecule has 0 amide bonds. The standard InChI is InChI=1S/C16H22F3N7O/c1-25(2)7-11-4-12(27)8-26(11)15-5-14(21-9-22-15)20-6-10-3-13(24-23-10)16(17,18)19/h3,5,9,11-12,27H,4,6-8H2,1-2H3,(H,23,24)(H,20,21,22)/t11-,12-/m1/s1. The van der Waals surface area contributed by atoms with Gasteiger partial charge in [0.2, 0.25) is 0 Å². The molecule has 148 valence electrons. The highest BCUT2D eigenvalue weighted by Gasteiger charge is 2.34. The summed E-state index contributed by atoms with van der Waals surface area (Å²) in [6, 6.07) is 2.81. The topological polar surface area (TPSA) is 93.2 Å². The van der Waals surface area contributed by atoms with Gasteiger partial charge in [0.25, 0.3) is 0 Å². The number of rotatable bonds is 6. The van der Waals surface area contributed by atoms with E-state index in [1.807, 2.05) is 23.9 Å². The van der Waals surface area contributed by atoms with E-state index in [1.165, 1.54) is 6.33 Å². The molecule has 2 aromatic rings. The normalized spacial score (nSPS) is 20.5. The van der Waals surface area contributed by atoms with Gasteiger partial charge in [-0.1, -0.05) is 0 Å². The maximum atomic E-state index is 12.6. The summed E-state index contributed by atoms with van der Waals surface area (Å²) in [5, 5.41) is 18.6. The fraction of sp³-hybridized carbons (Fsp3) is 0.562. The molecule has 0 spiro atoms. The Morgan fingerprint density at radius 2 is 2.11 bits per heavy atom. The summed E-state index contributed by atoms with van der Waals surface area (Å²) in [6.07, 6.45) is -2.86. The molecule has 27 heavy (non-hydrogen) atoms. The Morgan fingerprint density at radius 3 is 2.78 bits per heavy atom. The molecular formula is C16H22F3N7O. The fourth-order valence-electron chi connectivity index (χ4n) is 3.15. The van der Waals surface area contributed by atoms with E-state index in [9.17, 15) is 18.3 Å². The molecule has 1 fully saturated rings. The van der Waals surface area contributed by atoms with Gasteiger partial charge in [0.15, 0.2) is 5.69 Å². The van der Waals surface area contributed by atoms with Crippen molar-refractivity contribution in [3.63, 3.8) is 0 Å². The van der Waals surface area contributed by atoms with Crippen molar-refractivity contribution in [1.82, 2.24) is 25.1 Å². The Labute approximate surface area is 154 Å². The highest BCUT2D eigenvalue weighted by Crippen LogP contribution is 2.28. The minimum Gasteiger partial charge on any atom is -0.391 e. The average Bonchev–Trinajstić information content (AvgIpc) is 3.19. The van der Waals surface area contributed by atoms with Crippen LogP contribution in [-0.4, -0.2) is 69.5 Å². The first-order chi connectivity index (χ1) is 12.7. The van der Waals surface area contributed by atoms with Crippen molar-refractivity contribution >= 4 is 11.6 Å². The number of aromatic nitrogens is 4. The molecule has 3 rings (SSSR count). The number of nitrogens with one attached hydrogen (secondary N) is 2. The van der Waals surface area contributed by atoms with E-state index in [0.717, 1.165) is 12.6 Å². The first-order valence-corrected chi connectivity index (χ1v) is 8.49. The Bertz CT molecular complexity index is 764. The molecule has 1 aliphatic heterocycles. The first kappa shape index (κ1) is 19.4. The molecule has 3 heterocycles. The number of aliphatic hydroxyl groups excluding tert-OH is 1. The van der Waals surface area contributed by atoms with Crippen molar-refractivity contribution in [2.45, 2.75) is 31.3 Å². The van der Waals surface area contributed by atoms with Crippen molar-refractivity contribution in [2.75, 3.05) is 37.4 Å². The SMILES string of the molecule is CN(C)C[C@H]1C[C@@H](O)CN1c1cc(NCc2cc(C(F)(F)F)n[nH]2)ncn1. The summed E-state index contributed by atoms with van der Waals surface area (Å²) in [5.74, 6) is 1.14. The molecule has 2 atom stereocenters. The van der Waals surface area contributed by atoms with Gasteiger partial charge in [0, 0.05) is 25.2 Å². The average molecular weight is 385 g/mol. The van der Waals surface area contributed by atoms with Crippen LogP contribution in [0.3, 0.4) is 0 Å². The summed E-state index contributed by atoms with van der Waals surface area (Å²) in [7, 11) is 3.94. The van der Waals surface area contributed by atoms with Gasteiger partial charge in [-0.05, 0) is 26.6 Å². The largest absolute Gasteiger partial charge is 0.435 e. The first-order valence-electron chi connectivity index (χ1n) is 8.49. The van der Waals surface area contributed by atoms with Crippen LogP contribution in [-0.2, 0) is 12.7 Å². The van der Waals surface area contributed by atoms with Gasteiger partial charge in [-0.25, -0.2) is 9.97 Å². The van der Waals surface area contributed by atoms with Crippen molar-refractivity contribution in [3.05, 3.63) is 29.8 Å². The summed E-state index contributed by atoms with van der Waals surface area (Å²) in [5.41, 5.74) is -0.662. The van der Waals surface area contributed by atoms with E-state index in [-0.39, 0.29) is 12.6 Å². The number of β-amino-alcohol motifs (C(OH)–C–C–N with tert-alkyl or cyclic N) is 1. The van der Waals surface area contributed by atoms with E-state index in [4.69, 9.17) is 0 Å². The smallest absolute Gasteiger partial charge is 0.391 e. The number of H-pyrrole nitrogens is 1. The van der Waals surface area contributed by atoms with Crippen LogP contribution in [0.5, 0.6) is 0 Å². The van der Waals surface area contributed by atoms with E-state index < -0.39 is 18.0 Å². The van der Waals surface area contributed by atoms with Gasteiger partial charge < -0.3 is 20.2 Å². The quantitative estimate of drug-likeness (QED) is 0.691. The molecule has 0 unspecified atom stereocenters. The van der Waals surface area contributed by atoms with Crippen LogP contribution in [0.1, 0.15) is 17.8 Å². The second-order valence-corrected chi connectivity index (χ2v) is 6.85. The zero-order chi connectivity index (χ0) is 19.6. The molecule has 0 radical (unpaired) electrons. The summed E-state index contributed by atoms with van der Waals surface area (Å²) in [4.78, 5) is 12.5. The molecule has 2 aromatic heterocycles. The molecular weight excluding hydrogens is 363 g/mol. The maximum absolute atomic E-state index is 12.6. The van der Waals surface area contributed by atoms with Crippen LogP contribution < -0.4 is 10.2 Å². The third-order valence-electron chi connectivity index (χ3n) is 4.30. The lowest BCUT2D eigenvalue weighted by molar-refractivity contribution is -0.141. The van der Waals surface area contributed by atoms with Gasteiger partial charge in [-0.15, -0.1) is 0 Å². The van der Waals surface area contributed by atoms with E-state index in [2.05, 4.69) is 25.5 Å². The Hall–Kier alpha value is -2.40. The second-order valence-electron chi connectivity index (χ2n) is 6.85. The number of aromatic amines is 1. The van der Waals surface area contributed by atoms with Gasteiger partial charge in [0.1, 0.15) is 18.0 Å². The van der Waals surface area contributed by atoms with Crippen molar-refractivity contribution in [1.29, 1.82) is 0 Å². The molecule has 0 saturated carbocycles. The van der Waals surface area contributed by atoms with Crippen molar-refractivity contribution in [2.24, 2.45) is 0 Å². The number of hydrogen-bond acceptors (Lipinski definition) is 7. The van der Waals surface area contributed by atoms with Gasteiger partial charge >= 0.3 is 6.18 Å². The highest BCUT2D eigenvalue weighted by molar-refractivity contribution is 5.50. The Morgan fingerprint density at radius 1 is 1.33 bits per heavy atom. The highest BCUT2D eigenvalue weighted by atomic mass is 19.4. The molecule has 0 aromatic carbocycles. The van der Waals surface area contributed by atoms with Crippen molar-refractivity contribution < 1.29 is 18.3 Å². The molecule has 11 heteroatoms.